The van der Waals surface area contributed by atoms with Crippen LogP contribution in [-0.4, -0.2) is 11.6 Å². The molecular formula is C14H18NP. The molecule has 16 heavy (non-hydrogen) atoms. The summed E-state index contributed by atoms with van der Waals surface area (Å²) in [5, 5.41) is 2.64. The van der Waals surface area contributed by atoms with E-state index in [4.69, 9.17) is 4.98 Å². The van der Waals surface area contributed by atoms with E-state index in [0.717, 1.165) is 14.1 Å². The second-order valence-corrected chi connectivity index (χ2v) is 6.12. The maximum Gasteiger partial charge on any atom is 0.0706 e. The van der Waals surface area contributed by atoms with Gasteiger partial charge in [-0.15, -0.1) is 0 Å². The Morgan fingerprint density at radius 2 is 1.81 bits per heavy atom. The Bertz CT molecular complexity index is 512. The van der Waals surface area contributed by atoms with Crippen molar-refractivity contribution >= 4 is 24.8 Å². The third-order valence-electron chi connectivity index (χ3n) is 2.70. The highest BCUT2D eigenvalue weighted by atomic mass is 31.1. The summed E-state index contributed by atoms with van der Waals surface area (Å²) in [7, 11) is 0.803. The van der Waals surface area contributed by atoms with Crippen molar-refractivity contribution in [2.45, 2.75) is 26.2 Å². The van der Waals surface area contributed by atoms with Crippen LogP contribution in [0.1, 0.15) is 26.5 Å². The van der Waals surface area contributed by atoms with E-state index in [1.165, 1.54) is 16.4 Å². The Morgan fingerprint density at radius 3 is 2.44 bits per heavy atom. The fourth-order valence-corrected chi connectivity index (χ4v) is 2.85. The fourth-order valence-electron chi connectivity index (χ4n) is 1.88. The van der Waals surface area contributed by atoms with Crippen molar-refractivity contribution < 1.29 is 0 Å². The maximum absolute atomic E-state index is 4.82. The molecule has 0 aliphatic carbocycles. The van der Waals surface area contributed by atoms with E-state index in [-0.39, 0.29) is 5.41 Å². The van der Waals surface area contributed by atoms with Crippen molar-refractivity contribution in [3.05, 3.63) is 36.0 Å². The van der Waals surface area contributed by atoms with Crippen LogP contribution in [0.3, 0.4) is 0 Å². The average Bonchev–Trinajstić information content (AvgIpc) is 2.26. The van der Waals surface area contributed by atoms with Gasteiger partial charge in [0.2, 0.25) is 0 Å². The number of fused-ring (bicyclic) bond motifs is 1. The highest BCUT2D eigenvalue weighted by Crippen LogP contribution is 2.25. The summed E-state index contributed by atoms with van der Waals surface area (Å²) >= 11 is 0. The summed E-state index contributed by atoms with van der Waals surface area (Å²) < 4.78 is 0. The molecule has 0 saturated carbocycles. The molecule has 2 rings (SSSR count). The second kappa shape index (κ2) is 4.14. The standard InChI is InChI=1S/C14H18NP/c1-14(2,3)13-12(16-4)9-10-7-5-6-8-11(10)15-13/h5-9,16H,1-4H3. The molecule has 2 aromatic rings. The van der Waals surface area contributed by atoms with Crippen LogP contribution < -0.4 is 5.30 Å². The van der Waals surface area contributed by atoms with Gasteiger partial charge in [-0.1, -0.05) is 47.6 Å². The second-order valence-electron chi connectivity index (χ2n) is 5.08. The molecule has 0 fully saturated rings. The molecule has 0 radical (unpaired) electrons. The molecule has 1 atom stereocenters. The molecule has 0 N–H and O–H groups in total. The zero-order chi connectivity index (χ0) is 11.8. The van der Waals surface area contributed by atoms with Crippen LogP contribution >= 0.6 is 8.58 Å². The van der Waals surface area contributed by atoms with Crippen LogP contribution in [0, 0.1) is 0 Å². The number of pyridine rings is 1. The number of hydrogen-bond acceptors (Lipinski definition) is 1. The molecular weight excluding hydrogens is 213 g/mol. The van der Waals surface area contributed by atoms with E-state index in [2.05, 4.69) is 57.8 Å². The highest BCUT2D eigenvalue weighted by molar-refractivity contribution is 7.46. The van der Waals surface area contributed by atoms with Crippen LogP contribution in [0.4, 0.5) is 0 Å². The summed E-state index contributed by atoms with van der Waals surface area (Å²) in [5.41, 5.74) is 2.48. The Labute approximate surface area is 99.1 Å². The van der Waals surface area contributed by atoms with Crippen molar-refractivity contribution in [3.63, 3.8) is 0 Å². The molecule has 1 heterocycles. The first-order chi connectivity index (χ1) is 7.52. The normalized spacial score (nSPS) is 12.8. The van der Waals surface area contributed by atoms with Gasteiger partial charge in [-0.25, -0.2) is 0 Å². The predicted molar refractivity (Wildman–Crippen MR) is 74.3 cm³/mol. The highest BCUT2D eigenvalue weighted by Gasteiger charge is 2.19. The molecule has 0 saturated heterocycles. The van der Waals surface area contributed by atoms with E-state index in [0.29, 0.717) is 0 Å². The minimum atomic E-state index is 0.127. The lowest BCUT2D eigenvalue weighted by atomic mass is 9.91. The molecule has 0 bridgehead atoms. The first-order valence-electron chi connectivity index (χ1n) is 5.60. The van der Waals surface area contributed by atoms with Crippen molar-refractivity contribution in [2.24, 2.45) is 0 Å². The summed E-state index contributed by atoms with van der Waals surface area (Å²) in [6.45, 7) is 8.91. The van der Waals surface area contributed by atoms with E-state index < -0.39 is 0 Å². The molecule has 0 spiro atoms. The Hall–Kier alpha value is -0.940. The van der Waals surface area contributed by atoms with E-state index in [9.17, 15) is 0 Å². The van der Waals surface area contributed by atoms with Crippen molar-refractivity contribution in [1.29, 1.82) is 0 Å². The lowest BCUT2D eigenvalue weighted by Gasteiger charge is -2.21. The van der Waals surface area contributed by atoms with E-state index in [1.54, 1.807) is 0 Å². The minimum absolute atomic E-state index is 0.127. The minimum Gasteiger partial charge on any atom is -0.252 e. The molecule has 2 heteroatoms. The monoisotopic (exact) mass is 231 g/mol. The average molecular weight is 231 g/mol. The quantitative estimate of drug-likeness (QED) is 0.685. The van der Waals surface area contributed by atoms with E-state index >= 15 is 0 Å². The molecule has 1 unspecified atom stereocenters. The molecule has 1 aromatic carbocycles. The first kappa shape index (κ1) is 11.5. The van der Waals surface area contributed by atoms with Gasteiger partial charge >= 0.3 is 0 Å². The number of rotatable bonds is 1. The topological polar surface area (TPSA) is 12.9 Å². The first-order valence-corrected chi connectivity index (χ1v) is 7.10. The summed E-state index contributed by atoms with van der Waals surface area (Å²) in [6.07, 6.45) is 0. The number of hydrogen-bond donors (Lipinski definition) is 0. The van der Waals surface area contributed by atoms with Gasteiger partial charge < -0.3 is 0 Å². The van der Waals surface area contributed by atoms with Gasteiger partial charge in [0.05, 0.1) is 11.2 Å². The Kier molecular flexibility index (Phi) is 2.99. The SMILES string of the molecule is CPc1cc2ccccc2nc1C(C)(C)C. The predicted octanol–water partition coefficient (Wildman–Crippen LogP) is 3.47. The lowest BCUT2D eigenvalue weighted by Crippen LogP contribution is -2.22. The van der Waals surface area contributed by atoms with Gasteiger partial charge in [0, 0.05) is 10.8 Å². The molecule has 0 amide bonds. The Balaban J connectivity index is 2.73. The lowest BCUT2D eigenvalue weighted by molar-refractivity contribution is 0.576. The largest absolute Gasteiger partial charge is 0.252 e. The molecule has 0 aliphatic rings. The summed E-state index contributed by atoms with van der Waals surface area (Å²) in [4.78, 5) is 4.82. The van der Waals surface area contributed by atoms with Crippen molar-refractivity contribution in [3.8, 4) is 0 Å². The van der Waals surface area contributed by atoms with Crippen LogP contribution in [0.5, 0.6) is 0 Å². The maximum atomic E-state index is 4.82. The zero-order valence-corrected chi connectivity index (χ0v) is 11.3. The van der Waals surface area contributed by atoms with E-state index in [1.807, 2.05) is 0 Å². The smallest absolute Gasteiger partial charge is 0.0706 e. The van der Waals surface area contributed by atoms with Crippen LogP contribution in [0.25, 0.3) is 10.9 Å². The molecule has 0 aliphatic heterocycles. The summed E-state index contributed by atoms with van der Waals surface area (Å²) in [5.74, 6) is 0. The molecule has 1 nitrogen and oxygen atoms in total. The number of benzene rings is 1. The van der Waals surface area contributed by atoms with Gasteiger partial charge in [0.1, 0.15) is 0 Å². The van der Waals surface area contributed by atoms with Gasteiger partial charge in [-0.2, -0.15) is 0 Å². The van der Waals surface area contributed by atoms with Crippen molar-refractivity contribution in [2.75, 3.05) is 6.66 Å². The van der Waals surface area contributed by atoms with Gasteiger partial charge in [0.15, 0.2) is 0 Å². The van der Waals surface area contributed by atoms with Gasteiger partial charge in [0.25, 0.3) is 0 Å². The third kappa shape index (κ3) is 2.10. The zero-order valence-electron chi connectivity index (χ0n) is 10.3. The fraction of sp³-hybridized carbons (Fsp3) is 0.357. The summed E-state index contributed by atoms with van der Waals surface area (Å²) in [6, 6.07) is 10.6. The number of para-hydroxylation sites is 1. The van der Waals surface area contributed by atoms with Gasteiger partial charge in [-0.3, -0.25) is 4.98 Å². The van der Waals surface area contributed by atoms with Crippen molar-refractivity contribution in [1.82, 2.24) is 4.98 Å². The number of aromatic nitrogens is 1. The number of nitrogens with zero attached hydrogens (tertiary/aromatic N) is 1. The molecule has 84 valence electrons. The van der Waals surface area contributed by atoms with Crippen LogP contribution in [0.2, 0.25) is 0 Å². The van der Waals surface area contributed by atoms with Crippen LogP contribution in [-0.2, 0) is 5.41 Å². The van der Waals surface area contributed by atoms with Gasteiger partial charge in [-0.05, 0) is 24.1 Å². The van der Waals surface area contributed by atoms with Crippen LogP contribution in [0.15, 0.2) is 30.3 Å². The molecule has 1 aromatic heterocycles. The third-order valence-corrected chi connectivity index (χ3v) is 3.62. The Morgan fingerprint density at radius 1 is 1.12 bits per heavy atom.